The molecular formula is C12H23N3O. The van der Waals surface area contributed by atoms with Crippen LogP contribution in [-0.4, -0.2) is 31.2 Å². The molecule has 92 valence electrons. The number of nitrogens with one attached hydrogen (secondary N) is 3. The number of carbonyl (C=O) groups is 1. The normalized spacial score (nSPS) is 32.1. The Morgan fingerprint density at radius 3 is 2.81 bits per heavy atom. The maximum absolute atomic E-state index is 11.5. The first-order valence-corrected chi connectivity index (χ1v) is 6.39. The standard InChI is InChI=1S/C12H23N3O/c1-9(2)7-13-11(16)14-8-12-5-3-10(12)4-6-15-12/h9-10,15H,3-8H2,1-2H3,(H2,13,14,16). The smallest absolute Gasteiger partial charge is 0.314 e. The van der Waals surface area contributed by atoms with Crippen LogP contribution in [0.5, 0.6) is 0 Å². The van der Waals surface area contributed by atoms with Gasteiger partial charge in [-0.15, -0.1) is 0 Å². The molecule has 0 aromatic carbocycles. The molecule has 0 spiro atoms. The van der Waals surface area contributed by atoms with Gasteiger partial charge in [0.25, 0.3) is 0 Å². The Hall–Kier alpha value is -0.770. The van der Waals surface area contributed by atoms with Gasteiger partial charge in [0.05, 0.1) is 0 Å². The van der Waals surface area contributed by atoms with Crippen LogP contribution in [0.3, 0.4) is 0 Å². The lowest BCUT2D eigenvalue weighted by molar-refractivity contribution is 0.134. The van der Waals surface area contributed by atoms with E-state index in [1.807, 2.05) is 0 Å². The monoisotopic (exact) mass is 225 g/mol. The zero-order chi connectivity index (χ0) is 11.6. The number of hydrogen-bond acceptors (Lipinski definition) is 2. The highest BCUT2D eigenvalue weighted by atomic mass is 16.2. The van der Waals surface area contributed by atoms with E-state index in [0.29, 0.717) is 5.92 Å². The van der Waals surface area contributed by atoms with Gasteiger partial charge in [-0.25, -0.2) is 4.79 Å². The fourth-order valence-corrected chi connectivity index (χ4v) is 2.74. The zero-order valence-corrected chi connectivity index (χ0v) is 10.3. The predicted octanol–water partition coefficient (Wildman–Crippen LogP) is 1.08. The third-order valence-electron chi connectivity index (χ3n) is 3.93. The molecule has 2 aliphatic rings. The highest BCUT2D eigenvalue weighted by Crippen LogP contribution is 2.43. The van der Waals surface area contributed by atoms with Crippen molar-refractivity contribution in [1.29, 1.82) is 0 Å². The minimum absolute atomic E-state index is 0.0255. The molecule has 1 saturated carbocycles. The maximum Gasteiger partial charge on any atom is 0.314 e. The van der Waals surface area contributed by atoms with Crippen LogP contribution >= 0.6 is 0 Å². The Morgan fingerprint density at radius 1 is 1.44 bits per heavy atom. The van der Waals surface area contributed by atoms with Crippen LogP contribution in [0.25, 0.3) is 0 Å². The van der Waals surface area contributed by atoms with Gasteiger partial charge in [-0.05, 0) is 37.6 Å². The van der Waals surface area contributed by atoms with Crippen LogP contribution in [0.1, 0.15) is 33.1 Å². The van der Waals surface area contributed by atoms with Gasteiger partial charge < -0.3 is 16.0 Å². The molecule has 2 unspecified atom stereocenters. The molecule has 1 aliphatic heterocycles. The van der Waals surface area contributed by atoms with Crippen molar-refractivity contribution in [3.63, 3.8) is 0 Å². The molecular weight excluding hydrogens is 202 g/mol. The van der Waals surface area contributed by atoms with Crippen molar-refractivity contribution in [2.45, 2.75) is 38.6 Å². The fraction of sp³-hybridized carbons (Fsp3) is 0.917. The van der Waals surface area contributed by atoms with E-state index >= 15 is 0 Å². The summed E-state index contributed by atoms with van der Waals surface area (Å²) in [5.74, 6) is 1.29. The number of amides is 2. The molecule has 0 radical (unpaired) electrons. The van der Waals surface area contributed by atoms with Crippen molar-refractivity contribution in [1.82, 2.24) is 16.0 Å². The third-order valence-corrected chi connectivity index (χ3v) is 3.93. The minimum atomic E-state index is -0.0255. The predicted molar refractivity (Wildman–Crippen MR) is 64.3 cm³/mol. The van der Waals surface area contributed by atoms with Gasteiger partial charge in [-0.2, -0.15) is 0 Å². The summed E-state index contributed by atoms with van der Waals surface area (Å²) >= 11 is 0. The third kappa shape index (κ3) is 2.32. The van der Waals surface area contributed by atoms with E-state index in [2.05, 4.69) is 29.8 Å². The van der Waals surface area contributed by atoms with Crippen molar-refractivity contribution in [2.24, 2.45) is 11.8 Å². The quantitative estimate of drug-likeness (QED) is 0.670. The average molecular weight is 225 g/mol. The Bertz CT molecular complexity index is 267. The molecule has 0 aromatic heterocycles. The Kier molecular flexibility index (Phi) is 3.38. The first kappa shape index (κ1) is 11.7. The number of fused-ring (bicyclic) bond motifs is 1. The minimum Gasteiger partial charge on any atom is -0.338 e. The Morgan fingerprint density at radius 2 is 2.25 bits per heavy atom. The molecule has 1 saturated heterocycles. The van der Waals surface area contributed by atoms with E-state index < -0.39 is 0 Å². The van der Waals surface area contributed by atoms with Gasteiger partial charge in [-0.1, -0.05) is 13.8 Å². The maximum atomic E-state index is 11.5. The topological polar surface area (TPSA) is 53.2 Å². The van der Waals surface area contributed by atoms with E-state index in [1.54, 1.807) is 0 Å². The van der Waals surface area contributed by atoms with Crippen molar-refractivity contribution < 1.29 is 4.79 Å². The zero-order valence-electron chi connectivity index (χ0n) is 10.3. The lowest BCUT2D eigenvalue weighted by atomic mass is 9.68. The molecule has 0 bridgehead atoms. The molecule has 2 rings (SSSR count). The van der Waals surface area contributed by atoms with Gasteiger partial charge in [0.2, 0.25) is 0 Å². The van der Waals surface area contributed by atoms with Gasteiger partial charge in [0, 0.05) is 18.6 Å². The Balaban J connectivity index is 1.69. The number of hydrogen-bond donors (Lipinski definition) is 3. The van der Waals surface area contributed by atoms with Crippen molar-refractivity contribution in [3.8, 4) is 0 Å². The average Bonchev–Trinajstić information content (AvgIpc) is 2.50. The van der Waals surface area contributed by atoms with E-state index in [-0.39, 0.29) is 11.6 Å². The summed E-state index contributed by atoms with van der Waals surface area (Å²) in [6.45, 7) is 6.83. The summed E-state index contributed by atoms with van der Waals surface area (Å²) in [5, 5.41) is 9.42. The number of rotatable bonds is 4. The van der Waals surface area contributed by atoms with Crippen LogP contribution in [0.15, 0.2) is 0 Å². The number of carbonyl (C=O) groups excluding carboxylic acids is 1. The first-order valence-electron chi connectivity index (χ1n) is 6.39. The second-order valence-corrected chi connectivity index (χ2v) is 5.56. The van der Waals surface area contributed by atoms with Crippen LogP contribution in [0.2, 0.25) is 0 Å². The molecule has 2 atom stereocenters. The van der Waals surface area contributed by atoms with Crippen LogP contribution in [0, 0.1) is 11.8 Å². The van der Waals surface area contributed by atoms with Crippen LogP contribution < -0.4 is 16.0 Å². The highest BCUT2D eigenvalue weighted by Gasteiger charge is 2.49. The Labute approximate surface area is 97.6 Å². The molecule has 2 amide bonds. The van der Waals surface area contributed by atoms with E-state index in [1.165, 1.54) is 19.3 Å². The molecule has 1 aliphatic carbocycles. The lowest BCUT2D eigenvalue weighted by Gasteiger charge is -2.45. The molecule has 16 heavy (non-hydrogen) atoms. The summed E-state index contributed by atoms with van der Waals surface area (Å²) in [5.41, 5.74) is 0.231. The molecule has 3 N–H and O–H groups in total. The van der Waals surface area contributed by atoms with Gasteiger partial charge in [-0.3, -0.25) is 0 Å². The summed E-state index contributed by atoms with van der Waals surface area (Å²) in [6, 6.07) is -0.0255. The highest BCUT2D eigenvalue weighted by molar-refractivity contribution is 5.73. The van der Waals surface area contributed by atoms with E-state index in [9.17, 15) is 4.79 Å². The molecule has 2 fully saturated rings. The molecule has 1 heterocycles. The van der Waals surface area contributed by atoms with E-state index in [4.69, 9.17) is 0 Å². The van der Waals surface area contributed by atoms with Crippen molar-refractivity contribution in [2.75, 3.05) is 19.6 Å². The first-order chi connectivity index (χ1) is 7.62. The van der Waals surface area contributed by atoms with Gasteiger partial charge in [0.15, 0.2) is 0 Å². The van der Waals surface area contributed by atoms with Crippen LogP contribution in [-0.2, 0) is 0 Å². The van der Waals surface area contributed by atoms with Gasteiger partial charge >= 0.3 is 6.03 Å². The molecule has 0 aromatic rings. The summed E-state index contributed by atoms with van der Waals surface area (Å²) < 4.78 is 0. The lowest BCUT2D eigenvalue weighted by Crippen LogP contribution is -2.60. The van der Waals surface area contributed by atoms with Crippen LogP contribution in [0.4, 0.5) is 4.79 Å². The van der Waals surface area contributed by atoms with Crippen molar-refractivity contribution in [3.05, 3.63) is 0 Å². The second-order valence-electron chi connectivity index (χ2n) is 5.56. The van der Waals surface area contributed by atoms with Crippen molar-refractivity contribution >= 4 is 6.03 Å². The summed E-state index contributed by atoms with van der Waals surface area (Å²) in [6.07, 6.45) is 3.81. The molecule has 4 heteroatoms. The molecule has 4 nitrogen and oxygen atoms in total. The fourth-order valence-electron chi connectivity index (χ4n) is 2.74. The summed E-state index contributed by atoms with van der Waals surface area (Å²) in [7, 11) is 0. The van der Waals surface area contributed by atoms with Gasteiger partial charge in [0.1, 0.15) is 0 Å². The summed E-state index contributed by atoms with van der Waals surface area (Å²) in [4.78, 5) is 11.5. The second kappa shape index (κ2) is 4.62. The van der Waals surface area contributed by atoms with E-state index in [0.717, 1.165) is 25.6 Å². The SMILES string of the molecule is CC(C)CNC(=O)NCC12CCC1CCN2. The largest absolute Gasteiger partial charge is 0.338 e. The number of urea groups is 1.